The number of non-ortho nitro benzene ring substituents is 1. The van der Waals surface area contributed by atoms with Gasteiger partial charge in [-0.3, -0.25) is 15.1 Å². The fourth-order valence-electron chi connectivity index (χ4n) is 1.38. The molecule has 0 aliphatic carbocycles. The summed E-state index contributed by atoms with van der Waals surface area (Å²) < 4.78 is 5.24. The molecule has 1 heterocycles. The molecule has 0 saturated heterocycles. The Hall–Kier alpha value is -2.63. The molecule has 1 aromatic carbocycles. The van der Waals surface area contributed by atoms with Crippen LogP contribution < -0.4 is 5.11 Å². The Morgan fingerprint density at radius 1 is 1.33 bits per heavy atom. The third kappa shape index (κ3) is 2.54. The molecular weight excluding hydrogens is 236 g/mol. The van der Waals surface area contributed by atoms with E-state index in [1.54, 1.807) is 19.1 Å². The van der Waals surface area contributed by atoms with Gasteiger partial charge in [-0.1, -0.05) is 11.8 Å². The summed E-state index contributed by atoms with van der Waals surface area (Å²) in [6.45, 7) is 1.78. The maximum absolute atomic E-state index is 11.5. The highest BCUT2D eigenvalue weighted by atomic mass is 16.6. The van der Waals surface area contributed by atoms with E-state index in [2.05, 4.69) is 4.99 Å². The average molecular weight is 245 g/mol. The van der Waals surface area contributed by atoms with Crippen molar-refractivity contribution in [2.24, 2.45) is 4.99 Å². The number of hydrogen-bond acceptors (Lipinski definition) is 5. The van der Waals surface area contributed by atoms with E-state index in [4.69, 9.17) is 4.42 Å². The van der Waals surface area contributed by atoms with E-state index in [-0.39, 0.29) is 17.1 Å². The highest BCUT2D eigenvalue weighted by Crippen LogP contribution is 2.28. The third-order valence-corrected chi connectivity index (χ3v) is 2.25. The first-order chi connectivity index (χ1) is 8.56. The number of nitro groups is 1. The summed E-state index contributed by atoms with van der Waals surface area (Å²) in [6, 6.07) is 6.86. The molecule has 6 nitrogen and oxygen atoms in total. The zero-order valence-corrected chi connectivity index (χ0v) is 9.49. The van der Waals surface area contributed by atoms with Crippen molar-refractivity contribution >= 4 is 17.6 Å². The minimum atomic E-state index is -0.574. The van der Waals surface area contributed by atoms with E-state index >= 15 is 0 Å². The van der Waals surface area contributed by atoms with Crippen LogP contribution in [0.5, 0.6) is 5.75 Å². The maximum atomic E-state index is 11.5. The minimum absolute atomic E-state index is 0.0123. The number of nitrogens with zero attached hydrogens (tertiary/aromatic N) is 2. The fraction of sp³-hybridized carbons (Fsp3) is 0.0833. The minimum Gasteiger partial charge on any atom is -0.871 e. The number of nitro benzene ring substituents is 1. The van der Waals surface area contributed by atoms with Crippen LogP contribution >= 0.6 is 0 Å². The first-order valence-corrected chi connectivity index (χ1v) is 5.12. The van der Waals surface area contributed by atoms with E-state index < -0.39 is 4.92 Å². The Kier molecular flexibility index (Phi) is 3.09. The van der Waals surface area contributed by atoms with Crippen molar-refractivity contribution in [3.05, 3.63) is 52.0 Å². The van der Waals surface area contributed by atoms with Crippen molar-refractivity contribution in [3.63, 3.8) is 0 Å². The van der Waals surface area contributed by atoms with Gasteiger partial charge in [-0.15, -0.1) is 0 Å². The lowest BCUT2D eigenvalue weighted by Gasteiger charge is -2.07. The van der Waals surface area contributed by atoms with Crippen molar-refractivity contribution in [2.45, 2.75) is 6.92 Å². The first kappa shape index (κ1) is 11.8. The highest BCUT2D eigenvalue weighted by molar-refractivity contribution is 5.79. The van der Waals surface area contributed by atoms with Crippen molar-refractivity contribution in [3.8, 4) is 5.75 Å². The lowest BCUT2D eigenvalue weighted by Crippen LogP contribution is -1.93. The number of aliphatic imine (C=N–C) groups is 1. The SMILES string of the molecule is Cc1ccc(C=Nc2cc([N+](=O)[O-])ccc2[O-])o1. The summed E-state index contributed by atoms with van der Waals surface area (Å²) >= 11 is 0. The van der Waals surface area contributed by atoms with Crippen molar-refractivity contribution < 1.29 is 14.4 Å². The van der Waals surface area contributed by atoms with Gasteiger partial charge in [0.1, 0.15) is 11.5 Å². The Morgan fingerprint density at radius 2 is 2.11 bits per heavy atom. The number of furan rings is 1. The summed E-state index contributed by atoms with van der Waals surface area (Å²) in [5, 5.41) is 22.0. The lowest BCUT2D eigenvalue weighted by atomic mass is 10.2. The molecule has 1 aromatic heterocycles. The second-order valence-electron chi connectivity index (χ2n) is 3.62. The standard InChI is InChI=1S/C12H10N2O4/c1-8-2-4-10(18-8)7-13-11-6-9(14(16)17)3-5-12(11)15/h2-7,15H,1H3/p-1. The fourth-order valence-corrected chi connectivity index (χ4v) is 1.38. The molecule has 18 heavy (non-hydrogen) atoms. The summed E-state index contributed by atoms with van der Waals surface area (Å²) in [7, 11) is 0. The van der Waals surface area contributed by atoms with Crippen LogP contribution in [0.4, 0.5) is 11.4 Å². The van der Waals surface area contributed by atoms with Crippen LogP contribution in [0, 0.1) is 17.0 Å². The molecule has 0 aliphatic heterocycles. The maximum Gasteiger partial charge on any atom is 0.271 e. The average Bonchev–Trinajstić information content (AvgIpc) is 2.74. The van der Waals surface area contributed by atoms with Crippen molar-refractivity contribution in [1.82, 2.24) is 0 Å². The molecule has 0 radical (unpaired) electrons. The van der Waals surface area contributed by atoms with E-state index in [0.717, 1.165) is 24.0 Å². The number of aryl methyl sites for hydroxylation is 1. The van der Waals surface area contributed by atoms with Crippen LogP contribution in [0.1, 0.15) is 11.5 Å². The predicted octanol–water partition coefficient (Wildman–Crippen LogP) is 2.32. The van der Waals surface area contributed by atoms with E-state index in [9.17, 15) is 15.2 Å². The Labute approximate surface area is 102 Å². The largest absolute Gasteiger partial charge is 0.871 e. The first-order valence-electron chi connectivity index (χ1n) is 5.12. The number of hydrogen-bond donors (Lipinski definition) is 0. The van der Waals surface area contributed by atoms with Crippen LogP contribution in [-0.2, 0) is 0 Å². The van der Waals surface area contributed by atoms with Gasteiger partial charge in [0.25, 0.3) is 5.69 Å². The number of benzene rings is 1. The van der Waals surface area contributed by atoms with E-state index in [1.165, 1.54) is 6.21 Å². The summed E-state index contributed by atoms with van der Waals surface area (Å²) in [6.07, 6.45) is 1.35. The van der Waals surface area contributed by atoms with Gasteiger partial charge in [0.2, 0.25) is 0 Å². The van der Waals surface area contributed by atoms with Gasteiger partial charge >= 0.3 is 0 Å². The van der Waals surface area contributed by atoms with Gasteiger partial charge in [0.15, 0.2) is 0 Å². The van der Waals surface area contributed by atoms with Crippen LogP contribution in [0.25, 0.3) is 0 Å². The van der Waals surface area contributed by atoms with Crippen molar-refractivity contribution in [2.75, 3.05) is 0 Å². The highest BCUT2D eigenvalue weighted by Gasteiger charge is 2.05. The molecule has 2 rings (SSSR count). The zero-order valence-electron chi connectivity index (χ0n) is 9.49. The molecule has 0 bridgehead atoms. The molecular formula is C12H9N2O4-. The smallest absolute Gasteiger partial charge is 0.271 e. The molecule has 0 amide bonds. The van der Waals surface area contributed by atoms with Gasteiger partial charge in [0, 0.05) is 12.1 Å². The summed E-state index contributed by atoms with van der Waals surface area (Å²) in [5.41, 5.74) is -0.157. The van der Waals surface area contributed by atoms with Gasteiger partial charge in [0.05, 0.1) is 16.8 Å². The molecule has 0 atom stereocenters. The van der Waals surface area contributed by atoms with Crippen LogP contribution in [-0.4, -0.2) is 11.1 Å². The van der Waals surface area contributed by atoms with Crippen molar-refractivity contribution in [1.29, 1.82) is 0 Å². The number of rotatable bonds is 3. The molecule has 0 spiro atoms. The third-order valence-electron chi connectivity index (χ3n) is 2.25. The quantitative estimate of drug-likeness (QED) is 0.471. The topological polar surface area (TPSA) is 91.7 Å². The summed E-state index contributed by atoms with van der Waals surface area (Å²) in [5.74, 6) is 0.830. The van der Waals surface area contributed by atoms with Gasteiger partial charge in [-0.2, -0.15) is 0 Å². The molecule has 0 aliphatic rings. The van der Waals surface area contributed by atoms with Gasteiger partial charge in [-0.05, 0) is 19.1 Å². The van der Waals surface area contributed by atoms with Gasteiger partial charge < -0.3 is 9.52 Å². The Morgan fingerprint density at radius 3 is 2.72 bits per heavy atom. The van der Waals surface area contributed by atoms with Crippen LogP contribution in [0.3, 0.4) is 0 Å². The zero-order chi connectivity index (χ0) is 13.1. The lowest BCUT2D eigenvalue weighted by molar-refractivity contribution is -0.385. The Bertz CT molecular complexity index is 616. The molecule has 6 heteroatoms. The molecule has 0 unspecified atom stereocenters. The molecule has 0 N–H and O–H groups in total. The van der Waals surface area contributed by atoms with E-state index in [0.29, 0.717) is 5.76 Å². The van der Waals surface area contributed by atoms with E-state index in [1.807, 2.05) is 0 Å². The van der Waals surface area contributed by atoms with Crippen LogP contribution in [0.15, 0.2) is 39.7 Å². The molecule has 0 fully saturated rings. The second kappa shape index (κ2) is 4.70. The van der Waals surface area contributed by atoms with Gasteiger partial charge in [-0.25, -0.2) is 0 Å². The Balaban J connectivity index is 2.30. The summed E-state index contributed by atoms with van der Waals surface area (Å²) in [4.78, 5) is 13.9. The van der Waals surface area contributed by atoms with Crippen LogP contribution in [0.2, 0.25) is 0 Å². The predicted molar refractivity (Wildman–Crippen MR) is 63.2 cm³/mol. The molecule has 92 valence electrons. The monoisotopic (exact) mass is 245 g/mol. The molecule has 0 saturated carbocycles. The second-order valence-corrected chi connectivity index (χ2v) is 3.62. The normalized spacial score (nSPS) is 10.9. The molecule has 2 aromatic rings.